The van der Waals surface area contributed by atoms with Gasteiger partial charge in [0.1, 0.15) is 5.75 Å². The van der Waals surface area contributed by atoms with Gasteiger partial charge in [-0.1, -0.05) is 30.3 Å². The Balaban J connectivity index is 1.70. The molecule has 0 amide bonds. The predicted molar refractivity (Wildman–Crippen MR) is 136 cm³/mol. The molecule has 1 saturated heterocycles. The molecule has 2 aromatic carbocycles. The van der Waals surface area contributed by atoms with E-state index in [9.17, 15) is 5.11 Å². The van der Waals surface area contributed by atoms with Crippen LogP contribution in [0.2, 0.25) is 0 Å². The van der Waals surface area contributed by atoms with Crippen LogP contribution in [0.4, 0.5) is 5.69 Å². The molecule has 0 spiro atoms. The third-order valence-corrected chi connectivity index (χ3v) is 6.60. The number of aryl methyl sites for hydroxylation is 2. The maximum atomic E-state index is 10.7. The smallest absolute Gasteiger partial charge is 0.174 e. The maximum absolute atomic E-state index is 10.7. The van der Waals surface area contributed by atoms with Crippen LogP contribution in [0, 0.1) is 20.8 Å². The highest BCUT2D eigenvalue weighted by atomic mass is 32.1. The van der Waals surface area contributed by atoms with Crippen LogP contribution in [0.5, 0.6) is 5.75 Å². The summed E-state index contributed by atoms with van der Waals surface area (Å²) in [5, 5.41) is 14.7. The molecule has 3 heterocycles. The molecule has 2 aromatic heterocycles. The topological polar surface area (TPSA) is 53.3 Å². The Morgan fingerprint density at radius 3 is 2.45 bits per heavy atom. The number of nitrogens with zero attached hydrogens (tertiary/aromatic N) is 3. The first kappa shape index (κ1) is 21.2. The molecule has 2 atom stereocenters. The largest absolute Gasteiger partial charge is 0.506 e. The number of benzene rings is 2. The van der Waals surface area contributed by atoms with Crippen LogP contribution in [0.3, 0.4) is 0 Å². The zero-order valence-electron chi connectivity index (χ0n) is 18.9. The van der Waals surface area contributed by atoms with Gasteiger partial charge in [-0.2, -0.15) is 0 Å². The molecule has 1 aliphatic rings. The average molecular weight is 455 g/mol. The van der Waals surface area contributed by atoms with Crippen LogP contribution in [0.25, 0.3) is 5.69 Å². The number of anilines is 1. The lowest BCUT2D eigenvalue weighted by Gasteiger charge is -2.28. The molecule has 0 radical (unpaired) electrons. The van der Waals surface area contributed by atoms with Crippen molar-refractivity contribution in [2.45, 2.75) is 32.9 Å². The summed E-state index contributed by atoms with van der Waals surface area (Å²) in [4.78, 5) is 6.65. The molecule has 4 aromatic rings. The fourth-order valence-electron chi connectivity index (χ4n) is 4.85. The van der Waals surface area contributed by atoms with Crippen molar-refractivity contribution >= 4 is 23.0 Å². The quantitative estimate of drug-likeness (QED) is 0.389. The number of phenolic OH excluding ortho intramolecular Hbond substituents is 1. The van der Waals surface area contributed by atoms with Crippen molar-refractivity contribution in [1.82, 2.24) is 14.9 Å². The van der Waals surface area contributed by atoms with Gasteiger partial charge >= 0.3 is 0 Å². The summed E-state index contributed by atoms with van der Waals surface area (Å²) in [6.07, 6.45) is 1.80. The van der Waals surface area contributed by atoms with Crippen molar-refractivity contribution in [3.63, 3.8) is 0 Å². The highest BCUT2D eigenvalue weighted by Gasteiger charge is 2.43. The van der Waals surface area contributed by atoms with Crippen LogP contribution in [-0.2, 0) is 0 Å². The van der Waals surface area contributed by atoms with E-state index in [0.29, 0.717) is 10.8 Å². The standard InChI is InChI=1S/C27H26N4OS/c1-17-9-8-10-20(15-17)30-18(2)16-21(19(30)3)26-25(22-11-6-7-14-28-22)29-27(33)31(26)23-12-4-5-13-24(23)32/h4-16,25-26,32H,1-3H3,(H,29,33). The van der Waals surface area contributed by atoms with Crippen LogP contribution in [0.15, 0.2) is 79.0 Å². The number of aromatic nitrogens is 2. The lowest BCUT2D eigenvalue weighted by Crippen LogP contribution is -2.29. The average Bonchev–Trinajstić information content (AvgIpc) is 3.30. The molecular formula is C27H26N4OS. The highest BCUT2D eigenvalue weighted by molar-refractivity contribution is 7.80. The van der Waals surface area contributed by atoms with E-state index in [1.807, 2.05) is 41.3 Å². The summed E-state index contributed by atoms with van der Waals surface area (Å²) in [5.41, 5.74) is 7.35. The number of phenols is 1. The fraction of sp³-hybridized carbons (Fsp3) is 0.185. The van der Waals surface area contributed by atoms with Gasteiger partial charge in [-0.15, -0.1) is 0 Å². The second kappa shape index (κ2) is 8.37. The Labute approximate surface area is 199 Å². The molecule has 1 fully saturated rings. The SMILES string of the molecule is Cc1cccc(-n2c(C)cc(C3C(c4ccccn4)NC(=S)N3c3ccccc3O)c2C)c1. The number of hydrogen-bond acceptors (Lipinski definition) is 3. The molecule has 6 heteroatoms. The van der Waals surface area contributed by atoms with Crippen LogP contribution in [-0.4, -0.2) is 19.8 Å². The van der Waals surface area contributed by atoms with E-state index < -0.39 is 0 Å². The number of rotatable bonds is 4. The van der Waals surface area contributed by atoms with Crippen LogP contribution < -0.4 is 10.2 Å². The Bertz CT molecular complexity index is 1330. The Morgan fingerprint density at radius 1 is 0.939 bits per heavy atom. The first-order valence-corrected chi connectivity index (χ1v) is 11.4. The molecule has 2 N–H and O–H groups in total. The first-order chi connectivity index (χ1) is 16.0. The molecule has 0 saturated carbocycles. The predicted octanol–water partition coefficient (Wildman–Crippen LogP) is 5.68. The van der Waals surface area contributed by atoms with Gasteiger partial charge in [0.05, 0.1) is 23.5 Å². The van der Waals surface area contributed by atoms with Crippen molar-refractivity contribution < 1.29 is 5.11 Å². The fourth-order valence-corrected chi connectivity index (χ4v) is 5.19. The van der Waals surface area contributed by atoms with Gasteiger partial charge in [-0.05, 0) is 86.6 Å². The van der Waals surface area contributed by atoms with E-state index in [1.165, 1.54) is 5.56 Å². The Kier molecular flexibility index (Phi) is 5.38. The zero-order valence-corrected chi connectivity index (χ0v) is 19.7. The molecule has 0 aliphatic carbocycles. The molecule has 1 aliphatic heterocycles. The van der Waals surface area contributed by atoms with E-state index in [0.717, 1.165) is 28.3 Å². The van der Waals surface area contributed by atoms with E-state index in [1.54, 1.807) is 12.3 Å². The van der Waals surface area contributed by atoms with Crippen molar-refractivity contribution in [2.24, 2.45) is 0 Å². The Morgan fingerprint density at radius 2 is 1.73 bits per heavy atom. The van der Waals surface area contributed by atoms with Gasteiger partial charge in [-0.3, -0.25) is 4.98 Å². The number of nitrogens with one attached hydrogen (secondary N) is 1. The van der Waals surface area contributed by atoms with Crippen molar-refractivity contribution in [3.8, 4) is 11.4 Å². The summed E-state index contributed by atoms with van der Waals surface area (Å²) in [5.74, 6) is 0.195. The minimum Gasteiger partial charge on any atom is -0.506 e. The molecule has 2 unspecified atom stereocenters. The first-order valence-electron chi connectivity index (χ1n) is 11.0. The lowest BCUT2D eigenvalue weighted by molar-refractivity contribution is 0.472. The van der Waals surface area contributed by atoms with Gasteiger partial charge in [0, 0.05) is 23.3 Å². The Hall–Kier alpha value is -3.64. The molecule has 0 bridgehead atoms. The summed E-state index contributed by atoms with van der Waals surface area (Å²) >= 11 is 5.80. The number of para-hydroxylation sites is 2. The van der Waals surface area contributed by atoms with Gasteiger partial charge in [0.25, 0.3) is 0 Å². The van der Waals surface area contributed by atoms with Crippen LogP contribution >= 0.6 is 12.2 Å². The second-order valence-electron chi connectivity index (χ2n) is 8.49. The monoisotopic (exact) mass is 454 g/mol. The van der Waals surface area contributed by atoms with Crippen molar-refractivity contribution in [2.75, 3.05) is 4.90 Å². The second-order valence-corrected chi connectivity index (χ2v) is 8.87. The summed E-state index contributed by atoms with van der Waals surface area (Å²) < 4.78 is 2.28. The van der Waals surface area contributed by atoms with Crippen molar-refractivity contribution in [1.29, 1.82) is 0 Å². The third kappa shape index (κ3) is 3.66. The molecule has 166 valence electrons. The van der Waals surface area contributed by atoms with Gasteiger partial charge in [0.2, 0.25) is 0 Å². The van der Waals surface area contributed by atoms with Crippen molar-refractivity contribution in [3.05, 3.63) is 107 Å². The number of thiocarbonyl (C=S) groups is 1. The molecular weight excluding hydrogens is 428 g/mol. The zero-order chi connectivity index (χ0) is 23.1. The van der Waals surface area contributed by atoms with Gasteiger partial charge in [0.15, 0.2) is 5.11 Å². The van der Waals surface area contributed by atoms with E-state index in [4.69, 9.17) is 12.2 Å². The molecule has 5 nitrogen and oxygen atoms in total. The molecule has 5 rings (SSSR count). The molecule has 33 heavy (non-hydrogen) atoms. The number of hydrogen-bond donors (Lipinski definition) is 2. The summed E-state index contributed by atoms with van der Waals surface area (Å²) in [6, 6.07) is 23.6. The minimum absolute atomic E-state index is 0.162. The lowest BCUT2D eigenvalue weighted by atomic mass is 9.96. The summed E-state index contributed by atoms with van der Waals surface area (Å²) in [6.45, 7) is 6.37. The van der Waals surface area contributed by atoms with E-state index in [2.05, 4.69) is 66.0 Å². The highest BCUT2D eigenvalue weighted by Crippen LogP contribution is 2.45. The minimum atomic E-state index is -0.176. The third-order valence-electron chi connectivity index (χ3n) is 6.29. The van der Waals surface area contributed by atoms with Crippen LogP contribution in [0.1, 0.15) is 40.3 Å². The maximum Gasteiger partial charge on any atom is 0.174 e. The van der Waals surface area contributed by atoms with E-state index in [-0.39, 0.29) is 17.8 Å². The summed E-state index contributed by atoms with van der Waals surface area (Å²) in [7, 11) is 0. The van der Waals surface area contributed by atoms with E-state index >= 15 is 0 Å². The number of pyridine rings is 1. The van der Waals surface area contributed by atoms with Gasteiger partial charge in [-0.25, -0.2) is 0 Å². The van der Waals surface area contributed by atoms with Gasteiger partial charge < -0.3 is 19.9 Å². The normalized spacial score (nSPS) is 17.9. The number of aromatic hydroxyl groups is 1.